The molecule has 8 aliphatic rings. The summed E-state index contributed by atoms with van der Waals surface area (Å²) in [4.78, 5) is 20.8. The summed E-state index contributed by atoms with van der Waals surface area (Å²) in [5, 5.41) is 0. The Hall–Kier alpha value is -1.06. The quantitative estimate of drug-likeness (QED) is 0.562. The van der Waals surface area contributed by atoms with Gasteiger partial charge in [-0.1, -0.05) is 0 Å². The number of carbonyl (C=O) groups is 1. The number of nitrogens with two attached hydrogens (primary N) is 1. The molecule has 0 aromatic carbocycles. The van der Waals surface area contributed by atoms with Gasteiger partial charge in [0.2, 0.25) is 0 Å². The van der Waals surface area contributed by atoms with Crippen LogP contribution in [0.25, 0.3) is 0 Å². The van der Waals surface area contributed by atoms with Crippen molar-refractivity contribution >= 4 is 11.7 Å². The standard InChI is InChI=1S/C25H39N3O/c1-15(2)28(25-12-19-6-20(13-25)8-21(7-19)14-25)23(22(26)29)27-24-9-16-3-17(10-24)5-18(4-16)11-24/h15-21H,3-14H2,1-2H3,(H2,26,29)/b27-23+. The lowest BCUT2D eigenvalue weighted by atomic mass is 9.52. The highest BCUT2D eigenvalue weighted by molar-refractivity contribution is 6.37. The zero-order valence-corrected chi connectivity index (χ0v) is 18.4. The van der Waals surface area contributed by atoms with Gasteiger partial charge in [0.15, 0.2) is 5.84 Å². The Kier molecular flexibility index (Phi) is 4.02. The van der Waals surface area contributed by atoms with E-state index < -0.39 is 0 Å². The molecule has 0 saturated heterocycles. The average Bonchev–Trinajstić information content (AvgIpc) is 2.57. The molecule has 0 spiro atoms. The summed E-state index contributed by atoms with van der Waals surface area (Å²) < 4.78 is 0. The van der Waals surface area contributed by atoms with E-state index in [4.69, 9.17) is 10.7 Å². The van der Waals surface area contributed by atoms with Gasteiger partial charge in [-0.3, -0.25) is 9.79 Å². The van der Waals surface area contributed by atoms with Gasteiger partial charge >= 0.3 is 0 Å². The highest BCUT2D eigenvalue weighted by Crippen LogP contribution is 2.60. The molecule has 8 saturated carbocycles. The van der Waals surface area contributed by atoms with Crippen molar-refractivity contribution in [1.82, 2.24) is 4.90 Å². The number of rotatable bonds is 3. The van der Waals surface area contributed by atoms with E-state index in [0.717, 1.165) is 35.5 Å². The van der Waals surface area contributed by atoms with E-state index >= 15 is 0 Å². The van der Waals surface area contributed by atoms with Gasteiger partial charge in [-0.05, 0) is 126 Å². The van der Waals surface area contributed by atoms with Crippen molar-refractivity contribution < 1.29 is 4.79 Å². The molecule has 0 unspecified atom stereocenters. The molecule has 0 aromatic rings. The number of primary amides is 1. The largest absolute Gasteiger partial charge is 0.363 e. The van der Waals surface area contributed by atoms with Gasteiger partial charge in [-0.2, -0.15) is 0 Å². The SMILES string of the molecule is CC(C)N(/C(=N/C12CC3CC(CC(C3)C1)C2)C(N)=O)C12CC3CC(CC(C3)C1)C2. The third kappa shape index (κ3) is 2.91. The molecule has 160 valence electrons. The molecule has 8 aliphatic carbocycles. The van der Waals surface area contributed by atoms with E-state index in [-0.39, 0.29) is 23.0 Å². The van der Waals surface area contributed by atoms with Crippen LogP contribution in [0.3, 0.4) is 0 Å². The fraction of sp³-hybridized carbons (Fsp3) is 0.920. The molecule has 2 N–H and O–H groups in total. The van der Waals surface area contributed by atoms with Gasteiger partial charge in [0, 0.05) is 11.6 Å². The fourth-order valence-corrected chi connectivity index (χ4v) is 10.0. The number of hydrogen-bond donors (Lipinski definition) is 1. The first-order valence-corrected chi connectivity index (χ1v) is 12.5. The first-order chi connectivity index (χ1) is 13.8. The number of nitrogens with zero attached hydrogens (tertiary/aromatic N) is 2. The summed E-state index contributed by atoms with van der Waals surface area (Å²) >= 11 is 0. The molecule has 1 amide bonds. The fourth-order valence-electron chi connectivity index (χ4n) is 10.0. The van der Waals surface area contributed by atoms with Crippen LogP contribution < -0.4 is 5.73 Å². The summed E-state index contributed by atoms with van der Waals surface area (Å²) in [6, 6.07) is 0.284. The minimum absolute atomic E-state index is 0.00848. The third-order valence-electron chi connectivity index (χ3n) is 9.83. The van der Waals surface area contributed by atoms with Crippen LogP contribution in [0.1, 0.15) is 90.9 Å². The molecule has 0 radical (unpaired) electrons. The number of amidine groups is 1. The monoisotopic (exact) mass is 397 g/mol. The number of amides is 1. The normalized spacial score (nSPS) is 49.8. The first kappa shape index (κ1) is 18.7. The van der Waals surface area contributed by atoms with Crippen LogP contribution in [0.2, 0.25) is 0 Å². The van der Waals surface area contributed by atoms with Crippen LogP contribution >= 0.6 is 0 Å². The summed E-state index contributed by atoms with van der Waals surface area (Å²) in [6.45, 7) is 4.52. The molecule has 0 aliphatic heterocycles. The van der Waals surface area contributed by atoms with Gasteiger partial charge in [-0.25, -0.2) is 0 Å². The Labute approximate surface area is 176 Å². The first-order valence-electron chi connectivity index (χ1n) is 12.5. The molecular formula is C25H39N3O. The van der Waals surface area contributed by atoms with E-state index in [1.54, 1.807) is 0 Å². The van der Waals surface area contributed by atoms with E-state index in [1.165, 1.54) is 77.0 Å². The summed E-state index contributed by atoms with van der Waals surface area (Å²) in [5.41, 5.74) is 6.26. The Morgan fingerprint density at radius 3 is 1.52 bits per heavy atom. The predicted molar refractivity (Wildman–Crippen MR) is 115 cm³/mol. The van der Waals surface area contributed by atoms with Gasteiger partial charge in [0.25, 0.3) is 5.91 Å². The molecular weight excluding hydrogens is 358 g/mol. The van der Waals surface area contributed by atoms with Gasteiger partial charge < -0.3 is 10.6 Å². The van der Waals surface area contributed by atoms with E-state index in [2.05, 4.69) is 18.7 Å². The number of carbonyl (C=O) groups excluding carboxylic acids is 1. The van der Waals surface area contributed by atoms with Crippen LogP contribution in [0.5, 0.6) is 0 Å². The van der Waals surface area contributed by atoms with Crippen molar-refractivity contribution in [2.45, 2.75) is 108 Å². The second-order valence-electron chi connectivity index (χ2n) is 12.5. The molecule has 0 aromatic heterocycles. The Bertz CT molecular complexity index is 668. The van der Waals surface area contributed by atoms with Crippen LogP contribution in [0, 0.1) is 35.5 Å². The molecule has 29 heavy (non-hydrogen) atoms. The Morgan fingerprint density at radius 2 is 1.17 bits per heavy atom. The minimum atomic E-state index is -0.273. The van der Waals surface area contributed by atoms with Crippen LogP contribution in [0.15, 0.2) is 4.99 Å². The highest BCUT2D eigenvalue weighted by Gasteiger charge is 2.56. The van der Waals surface area contributed by atoms with Gasteiger partial charge in [0.1, 0.15) is 0 Å². The number of hydrogen-bond acceptors (Lipinski definition) is 2. The number of aliphatic imine (C=N–C) groups is 1. The van der Waals surface area contributed by atoms with Gasteiger partial charge in [0.05, 0.1) is 5.54 Å². The smallest absolute Gasteiger partial charge is 0.284 e. The maximum Gasteiger partial charge on any atom is 0.284 e. The van der Waals surface area contributed by atoms with Gasteiger partial charge in [-0.15, -0.1) is 0 Å². The second kappa shape index (κ2) is 6.23. The average molecular weight is 398 g/mol. The highest BCUT2D eigenvalue weighted by atomic mass is 16.1. The molecule has 8 rings (SSSR count). The van der Waals surface area contributed by atoms with Crippen molar-refractivity contribution in [3.05, 3.63) is 0 Å². The maximum atomic E-state index is 12.9. The summed E-state index contributed by atoms with van der Waals surface area (Å²) in [7, 11) is 0. The molecule has 4 nitrogen and oxygen atoms in total. The summed E-state index contributed by atoms with van der Waals surface area (Å²) in [6.07, 6.45) is 15.8. The molecule has 0 atom stereocenters. The van der Waals surface area contributed by atoms with Crippen LogP contribution in [-0.2, 0) is 4.79 Å². The van der Waals surface area contributed by atoms with Crippen molar-refractivity contribution in [2.24, 2.45) is 46.2 Å². The van der Waals surface area contributed by atoms with E-state index in [0.29, 0.717) is 5.84 Å². The van der Waals surface area contributed by atoms with Crippen LogP contribution in [-0.4, -0.2) is 33.8 Å². The zero-order valence-electron chi connectivity index (χ0n) is 18.4. The predicted octanol–water partition coefficient (Wildman–Crippen LogP) is 4.52. The van der Waals surface area contributed by atoms with Crippen LogP contribution in [0.4, 0.5) is 0 Å². The second-order valence-corrected chi connectivity index (χ2v) is 12.5. The van der Waals surface area contributed by atoms with Crippen molar-refractivity contribution in [1.29, 1.82) is 0 Å². The van der Waals surface area contributed by atoms with E-state index in [1.807, 2.05) is 0 Å². The lowest BCUT2D eigenvalue weighted by molar-refractivity contribution is -0.115. The van der Waals surface area contributed by atoms with Crippen molar-refractivity contribution in [3.63, 3.8) is 0 Å². The minimum Gasteiger partial charge on any atom is -0.363 e. The lowest BCUT2D eigenvalue weighted by Crippen LogP contribution is -2.65. The lowest BCUT2D eigenvalue weighted by Gasteiger charge is -2.62. The van der Waals surface area contributed by atoms with Crippen molar-refractivity contribution in [3.8, 4) is 0 Å². The Morgan fingerprint density at radius 1 is 0.793 bits per heavy atom. The third-order valence-corrected chi connectivity index (χ3v) is 9.83. The molecule has 4 heteroatoms. The molecule has 8 bridgehead atoms. The zero-order chi connectivity index (χ0) is 20.0. The Balaban J connectivity index is 1.39. The maximum absolute atomic E-state index is 12.9. The van der Waals surface area contributed by atoms with E-state index in [9.17, 15) is 4.79 Å². The topological polar surface area (TPSA) is 58.7 Å². The van der Waals surface area contributed by atoms with Crippen molar-refractivity contribution in [2.75, 3.05) is 0 Å². The molecule has 8 fully saturated rings. The summed E-state index contributed by atoms with van der Waals surface area (Å²) in [5.74, 6) is 5.47. The molecule has 0 heterocycles.